The number of carboxylic acids is 1. The van der Waals surface area contributed by atoms with E-state index in [9.17, 15) is 14.3 Å². The van der Waals surface area contributed by atoms with E-state index in [1.165, 1.54) is 13.0 Å². The fourth-order valence-corrected chi connectivity index (χ4v) is 1.62. The van der Waals surface area contributed by atoms with Crippen molar-refractivity contribution < 1.29 is 28.9 Å². The van der Waals surface area contributed by atoms with E-state index in [4.69, 9.17) is 14.6 Å². The zero-order valence-corrected chi connectivity index (χ0v) is 9.07. The summed E-state index contributed by atoms with van der Waals surface area (Å²) in [6.45, 7) is 1.81. The minimum Gasteiger partial charge on any atom is -0.505 e. The number of hydrogen-bond donors (Lipinski definition) is 2. The van der Waals surface area contributed by atoms with E-state index in [2.05, 4.69) is 0 Å². The molecule has 0 aliphatic carbocycles. The van der Waals surface area contributed by atoms with Crippen LogP contribution >= 0.6 is 0 Å². The van der Waals surface area contributed by atoms with Crippen LogP contribution in [0.4, 0.5) is 4.39 Å². The number of phenols is 1. The SMILES string of the molecule is CC(C(=O)O)c1cc2c(c(F)c1O)OCCO2. The zero-order chi connectivity index (χ0) is 12.6. The van der Waals surface area contributed by atoms with Gasteiger partial charge in [-0.1, -0.05) is 0 Å². The molecule has 1 heterocycles. The van der Waals surface area contributed by atoms with E-state index in [0.717, 1.165) is 0 Å². The quantitative estimate of drug-likeness (QED) is 0.821. The molecule has 0 radical (unpaired) electrons. The van der Waals surface area contributed by atoms with E-state index in [1.807, 2.05) is 0 Å². The summed E-state index contributed by atoms with van der Waals surface area (Å²) < 4.78 is 23.9. The van der Waals surface area contributed by atoms with Crippen molar-refractivity contribution in [2.45, 2.75) is 12.8 Å². The second kappa shape index (κ2) is 4.12. The molecule has 1 atom stereocenters. The van der Waals surface area contributed by atoms with Gasteiger partial charge in [-0.05, 0) is 13.0 Å². The third kappa shape index (κ3) is 1.86. The number of benzene rings is 1. The Hall–Kier alpha value is -1.98. The van der Waals surface area contributed by atoms with E-state index >= 15 is 0 Å². The van der Waals surface area contributed by atoms with Gasteiger partial charge in [-0.25, -0.2) is 0 Å². The maximum absolute atomic E-state index is 13.7. The number of ether oxygens (including phenoxy) is 2. The molecule has 0 amide bonds. The number of rotatable bonds is 2. The molecule has 1 aliphatic rings. The van der Waals surface area contributed by atoms with Gasteiger partial charge in [-0.3, -0.25) is 4.79 Å². The molecule has 5 nitrogen and oxygen atoms in total. The van der Waals surface area contributed by atoms with Crippen LogP contribution in [0.25, 0.3) is 0 Å². The first-order valence-electron chi connectivity index (χ1n) is 5.06. The molecular formula is C11H11FO5. The molecule has 1 aromatic rings. The third-order valence-corrected chi connectivity index (χ3v) is 2.62. The molecule has 0 spiro atoms. The van der Waals surface area contributed by atoms with Gasteiger partial charge in [-0.2, -0.15) is 4.39 Å². The largest absolute Gasteiger partial charge is 0.505 e. The summed E-state index contributed by atoms with van der Waals surface area (Å²) in [6, 6.07) is 1.30. The Kier molecular flexibility index (Phi) is 2.79. The molecule has 2 N–H and O–H groups in total. The normalized spacial score (nSPS) is 15.4. The molecule has 1 aromatic carbocycles. The van der Waals surface area contributed by atoms with Crippen LogP contribution < -0.4 is 9.47 Å². The molecule has 6 heteroatoms. The van der Waals surface area contributed by atoms with Crippen LogP contribution in [-0.4, -0.2) is 29.4 Å². The van der Waals surface area contributed by atoms with Gasteiger partial charge in [0.15, 0.2) is 11.5 Å². The highest BCUT2D eigenvalue weighted by molar-refractivity contribution is 5.77. The predicted molar refractivity (Wildman–Crippen MR) is 55.1 cm³/mol. The van der Waals surface area contributed by atoms with E-state index in [0.29, 0.717) is 0 Å². The summed E-state index contributed by atoms with van der Waals surface area (Å²) in [5.41, 5.74) is -0.0285. The number of hydrogen-bond acceptors (Lipinski definition) is 4. The Morgan fingerprint density at radius 3 is 2.76 bits per heavy atom. The second-order valence-electron chi connectivity index (χ2n) is 3.71. The smallest absolute Gasteiger partial charge is 0.310 e. The van der Waals surface area contributed by atoms with Gasteiger partial charge in [0, 0.05) is 5.56 Å². The maximum atomic E-state index is 13.7. The number of halogens is 1. The molecule has 0 bridgehead atoms. The molecule has 0 saturated heterocycles. The number of carboxylic acid groups (broad SMARTS) is 1. The fourth-order valence-electron chi connectivity index (χ4n) is 1.62. The molecule has 92 valence electrons. The number of carbonyl (C=O) groups is 1. The highest BCUT2D eigenvalue weighted by Crippen LogP contribution is 2.42. The summed E-state index contributed by atoms with van der Waals surface area (Å²) >= 11 is 0. The Morgan fingerprint density at radius 2 is 2.12 bits per heavy atom. The van der Waals surface area contributed by atoms with Crippen LogP contribution in [0, 0.1) is 5.82 Å². The van der Waals surface area contributed by atoms with E-state index < -0.39 is 23.5 Å². The first-order valence-corrected chi connectivity index (χ1v) is 5.06. The van der Waals surface area contributed by atoms with Crippen molar-refractivity contribution in [2.24, 2.45) is 0 Å². The Labute approximate surface area is 96.4 Å². The van der Waals surface area contributed by atoms with Crippen LogP contribution in [0.1, 0.15) is 18.4 Å². The van der Waals surface area contributed by atoms with Gasteiger partial charge in [0.2, 0.25) is 11.6 Å². The molecule has 0 saturated carbocycles. The summed E-state index contributed by atoms with van der Waals surface area (Å²) in [4.78, 5) is 10.8. The van der Waals surface area contributed by atoms with Crippen molar-refractivity contribution >= 4 is 5.97 Å². The van der Waals surface area contributed by atoms with Crippen molar-refractivity contribution in [1.29, 1.82) is 0 Å². The minimum absolute atomic E-state index is 0.0285. The number of aliphatic carboxylic acids is 1. The van der Waals surface area contributed by atoms with Crippen molar-refractivity contribution in [2.75, 3.05) is 13.2 Å². The molecule has 17 heavy (non-hydrogen) atoms. The van der Waals surface area contributed by atoms with Crippen LogP contribution in [0.15, 0.2) is 6.07 Å². The Balaban J connectivity index is 2.55. The fraction of sp³-hybridized carbons (Fsp3) is 0.364. The predicted octanol–water partition coefficient (Wildman–Crippen LogP) is 1.49. The monoisotopic (exact) mass is 242 g/mol. The van der Waals surface area contributed by atoms with E-state index in [1.54, 1.807) is 0 Å². The molecule has 1 aliphatic heterocycles. The molecule has 0 fully saturated rings. The van der Waals surface area contributed by atoms with Crippen LogP contribution in [0.5, 0.6) is 17.2 Å². The summed E-state index contributed by atoms with van der Waals surface area (Å²) in [7, 11) is 0. The highest BCUT2D eigenvalue weighted by Gasteiger charge is 2.27. The maximum Gasteiger partial charge on any atom is 0.310 e. The average Bonchev–Trinajstić information content (AvgIpc) is 2.33. The topological polar surface area (TPSA) is 76.0 Å². The van der Waals surface area contributed by atoms with Crippen LogP contribution in [0.3, 0.4) is 0 Å². The van der Waals surface area contributed by atoms with Crippen LogP contribution in [0.2, 0.25) is 0 Å². The van der Waals surface area contributed by atoms with Gasteiger partial charge < -0.3 is 19.7 Å². The third-order valence-electron chi connectivity index (χ3n) is 2.62. The molecular weight excluding hydrogens is 231 g/mol. The summed E-state index contributed by atoms with van der Waals surface area (Å²) in [6.07, 6.45) is 0. The standard InChI is InChI=1S/C11H11FO5/c1-5(11(14)15)6-4-7-10(8(12)9(6)13)17-3-2-16-7/h4-5,13H,2-3H2,1H3,(H,14,15). The van der Waals surface area contributed by atoms with E-state index in [-0.39, 0.29) is 30.3 Å². The van der Waals surface area contributed by atoms with Crippen molar-refractivity contribution in [3.8, 4) is 17.2 Å². The summed E-state index contributed by atoms with van der Waals surface area (Å²) in [5, 5.41) is 18.4. The van der Waals surface area contributed by atoms with Gasteiger partial charge in [0.05, 0.1) is 5.92 Å². The van der Waals surface area contributed by atoms with Gasteiger partial charge in [0.1, 0.15) is 13.2 Å². The average molecular weight is 242 g/mol. The summed E-state index contributed by atoms with van der Waals surface area (Å²) in [5.74, 6) is -3.92. The number of fused-ring (bicyclic) bond motifs is 1. The minimum atomic E-state index is -1.16. The lowest BCUT2D eigenvalue weighted by atomic mass is 9.99. The molecule has 0 aromatic heterocycles. The second-order valence-corrected chi connectivity index (χ2v) is 3.71. The van der Waals surface area contributed by atoms with Crippen LogP contribution in [-0.2, 0) is 4.79 Å². The lowest BCUT2D eigenvalue weighted by molar-refractivity contribution is -0.138. The zero-order valence-electron chi connectivity index (χ0n) is 9.07. The number of phenolic OH excluding ortho intramolecular Hbond substituents is 1. The lowest BCUT2D eigenvalue weighted by Crippen LogP contribution is -2.17. The van der Waals surface area contributed by atoms with Gasteiger partial charge in [0.25, 0.3) is 0 Å². The van der Waals surface area contributed by atoms with Gasteiger partial charge in [-0.15, -0.1) is 0 Å². The Morgan fingerprint density at radius 1 is 1.47 bits per heavy atom. The number of aromatic hydroxyl groups is 1. The lowest BCUT2D eigenvalue weighted by Gasteiger charge is -2.21. The highest BCUT2D eigenvalue weighted by atomic mass is 19.1. The van der Waals surface area contributed by atoms with Crippen molar-refractivity contribution in [3.63, 3.8) is 0 Å². The van der Waals surface area contributed by atoms with Gasteiger partial charge >= 0.3 is 5.97 Å². The van der Waals surface area contributed by atoms with Crippen molar-refractivity contribution in [1.82, 2.24) is 0 Å². The first-order chi connectivity index (χ1) is 8.02. The molecule has 2 rings (SSSR count). The first kappa shape index (κ1) is 11.5. The molecule has 1 unspecified atom stereocenters. The van der Waals surface area contributed by atoms with Crippen molar-refractivity contribution in [3.05, 3.63) is 17.4 Å². The Bertz CT molecular complexity index is 471.